The van der Waals surface area contributed by atoms with Gasteiger partial charge in [-0.15, -0.1) is 11.3 Å². The van der Waals surface area contributed by atoms with Crippen LogP contribution in [0.2, 0.25) is 0 Å². The third-order valence-corrected chi connectivity index (χ3v) is 7.30. The van der Waals surface area contributed by atoms with E-state index in [0.29, 0.717) is 10.0 Å². The first kappa shape index (κ1) is 22.1. The molecule has 0 radical (unpaired) electrons. The largest absolute Gasteiger partial charge is 0.384 e. The molecule has 1 aromatic carbocycles. The Balaban J connectivity index is 1.69. The van der Waals surface area contributed by atoms with E-state index < -0.39 is 5.60 Å². The number of nitrogens with one attached hydrogen (secondary N) is 2. The molecule has 0 spiro atoms. The fourth-order valence-electron chi connectivity index (χ4n) is 3.66. The Kier molecular flexibility index (Phi) is 6.86. The minimum atomic E-state index is -0.773. The van der Waals surface area contributed by atoms with Crippen molar-refractivity contribution in [2.75, 3.05) is 5.32 Å². The van der Waals surface area contributed by atoms with Crippen LogP contribution in [0, 0.1) is 5.82 Å². The van der Waals surface area contributed by atoms with Crippen LogP contribution < -0.4 is 10.0 Å². The molecule has 1 aliphatic carbocycles. The molecule has 1 heterocycles. The molecule has 0 unspecified atom stereocenters. The van der Waals surface area contributed by atoms with E-state index in [1.807, 2.05) is 27.7 Å². The number of aliphatic hydroxyl groups is 1. The third kappa shape index (κ3) is 5.10. The maximum Gasteiger partial charge on any atom is 0.329 e. The van der Waals surface area contributed by atoms with Crippen LogP contribution in [0.1, 0.15) is 81.2 Å². The number of benzene rings is 1. The summed E-state index contributed by atoms with van der Waals surface area (Å²) in [5, 5.41) is 13.6. The molecule has 2 aromatic rings. The predicted molar refractivity (Wildman–Crippen MR) is 117 cm³/mol. The molecule has 2 amide bonds. The lowest BCUT2D eigenvalue weighted by Crippen LogP contribution is -2.24. The van der Waals surface area contributed by atoms with E-state index in [1.54, 1.807) is 6.20 Å². The number of carbonyl (C=O) groups is 1. The average Bonchev–Trinajstić information content (AvgIpc) is 3.30. The van der Waals surface area contributed by atoms with Gasteiger partial charge in [0.15, 0.2) is 4.34 Å². The zero-order chi connectivity index (χ0) is 21.2. The fourth-order valence-corrected chi connectivity index (χ4v) is 5.35. The van der Waals surface area contributed by atoms with Crippen molar-refractivity contribution < 1.29 is 14.3 Å². The SMILES string of the molecule is CC(C)c1cc(F)cc(C(C)C)c1NC(=O)NSc1ncc(C2(O)CCCC2)s1. The van der Waals surface area contributed by atoms with E-state index in [0.717, 1.165) is 53.6 Å². The number of halogens is 1. The molecular weight excluding hydrogens is 409 g/mol. The standard InChI is InChI=1S/C21H28FN3O2S2/c1-12(2)15-9-14(22)10-16(13(3)4)18(15)24-19(26)25-29-20-23-11-17(28-20)21(27)7-5-6-8-21/h9-13,27H,5-8H2,1-4H3,(H2,24,25,26). The van der Waals surface area contributed by atoms with Gasteiger partial charge in [0.25, 0.3) is 0 Å². The molecule has 1 aromatic heterocycles. The molecule has 0 saturated heterocycles. The molecular formula is C21H28FN3O2S2. The van der Waals surface area contributed by atoms with Crippen LogP contribution in [0.4, 0.5) is 14.9 Å². The summed E-state index contributed by atoms with van der Waals surface area (Å²) >= 11 is 2.52. The first-order valence-corrected chi connectivity index (χ1v) is 11.6. The first-order chi connectivity index (χ1) is 13.7. The summed E-state index contributed by atoms with van der Waals surface area (Å²) in [7, 11) is 0. The molecule has 0 bridgehead atoms. The lowest BCUT2D eigenvalue weighted by molar-refractivity contribution is 0.0481. The van der Waals surface area contributed by atoms with Crippen molar-refractivity contribution in [1.82, 2.24) is 9.71 Å². The van der Waals surface area contributed by atoms with Crippen LogP contribution in [0.3, 0.4) is 0 Å². The molecule has 1 saturated carbocycles. The van der Waals surface area contributed by atoms with Crippen LogP contribution in [-0.4, -0.2) is 16.1 Å². The Bertz CT molecular complexity index is 848. The quantitative estimate of drug-likeness (QED) is 0.476. The zero-order valence-corrected chi connectivity index (χ0v) is 18.8. The Morgan fingerprint density at radius 3 is 2.34 bits per heavy atom. The highest BCUT2D eigenvalue weighted by Crippen LogP contribution is 2.42. The smallest absolute Gasteiger partial charge is 0.329 e. The highest BCUT2D eigenvalue weighted by Gasteiger charge is 2.35. The van der Waals surface area contributed by atoms with Crippen LogP contribution in [0.5, 0.6) is 0 Å². The van der Waals surface area contributed by atoms with Gasteiger partial charge in [0.2, 0.25) is 0 Å². The van der Waals surface area contributed by atoms with Gasteiger partial charge in [-0.05, 0) is 47.9 Å². The Hall–Kier alpha value is -1.64. The van der Waals surface area contributed by atoms with Crippen LogP contribution in [0.25, 0.3) is 0 Å². The van der Waals surface area contributed by atoms with Gasteiger partial charge < -0.3 is 10.4 Å². The summed E-state index contributed by atoms with van der Waals surface area (Å²) in [5.41, 5.74) is 1.43. The molecule has 8 heteroatoms. The zero-order valence-electron chi connectivity index (χ0n) is 17.2. The summed E-state index contributed by atoms with van der Waals surface area (Å²) in [5.74, 6) is -0.155. The minimum Gasteiger partial charge on any atom is -0.384 e. The van der Waals surface area contributed by atoms with Gasteiger partial charge in [0.05, 0.1) is 4.88 Å². The third-order valence-electron chi connectivity index (χ3n) is 5.25. The molecule has 1 fully saturated rings. The number of aromatic nitrogens is 1. The lowest BCUT2D eigenvalue weighted by atomic mass is 9.92. The number of hydrogen-bond donors (Lipinski definition) is 3. The molecule has 5 nitrogen and oxygen atoms in total. The van der Waals surface area contributed by atoms with Gasteiger partial charge in [-0.2, -0.15) is 0 Å². The first-order valence-electron chi connectivity index (χ1n) is 9.95. The van der Waals surface area contributed by atoms with E-state index in [9.17, 15) is 14.3 Å². The maximum atomic E-state index is 14.0. The summed E-state index contributed by atoms with van der Waals surface area (Å²) in [6, 6.07) is 2.57. The van der Waals surface area contributed by atoms with Gasteiger partial charge in [0, 0.05) is 23.8 Å². The average molecular weight is 438 g/mol. The monoisotopic (exact) mass is 437 g/mol. The fraction of sp³-hybridized carbons (Fsp3) is 0.524. The summed E-state index contributed by atoms with van der Waals surface area (Å²) < 4.78 is 17.5. The van der Waals surface area contributed by atoms with Crippen molar-refractivity contribution in [3.05, 3.63) is 40.2 Å². The predicted octanol–water partition coefficient (Wildman–Crippen LogP) is 6.12. The van der Waals surface area contributed by atoms with Gasteiger partial charge in [0.1, 0.15) is 11.4 Å². The topological polar surface area (TPSA) is 74.2 Å². The van der Waals surface area contributed by atoms with E-state index in [1.165, 1.54) is 23.5 Å². The summed E-state index contributed by atoms with van der Waals surface area (Å²) in [6.45, 7) is 7.90. The highest BCUT2D eigenvalue weighted by atomic mass is 32.2. The number of thiazole rings is 1. The lowest BCUT2D eigenvalue weighted by Gasteiger charge is -2.20. The van der Waals surface area contributed by atoms with Crippen molar-refractivity contribution in [2.24, 2.45) is 0 Å². The molecule has 29 heavy (non-hydrogen) atoms. The summed E-state index contributed by atoms with van der Waals surface area (Å²) in [4.78, 5) is 17.7. The Morgan fingerprint density at radius 2 is 1.79 bits per heavy atom. The van der Waals surface area contributed by atoms with Crippen molar-refractivity contribution in [3.8, 4) is 0 Å². The molecule has 3 N–H and O–H groups in total. The molecule has 158 valence electrons. The van der Waals surface area contributed by atoms with E-state index in [4.69, 9.17) is 0 Å². The van der Waals surface area contributed by atoms with E-state index in [-0.39, 0.29) is 23.7 Å². The normalized spacial score (nSPS) is 15.9. The van der Waals surface area contributed by atoms with E-state index in [2.05, 4.69) is 15.0 Å². The molecule has 3 rings (SSSR count). The van der Waals surface area contributed by atoms with E-state index >= 15 is 0 Å². The maximum absolute atomic E-state index is 14.0. The number of amides is 2. The molecule has 1 aliphatic rings. The number of urea groups is 1. The Labute approximate surface area is 179 Å². The van der Waals surface area contributed by atoms with Crippen molar-refractivity contribution >= 4 is 35.0 Å². The van der Waals surface area contributed by atoms with Crippen molar-refractivity contribution in [3.63, 3.8) is 0 Å². The summed E-state index contributed by atoms with van der Waals surface area (Å²) in [6.07, 6.45) is 5.25. The number of hydrogen-bond acceptors (Lipinski definition) is 5. The second-order valence-corrected chi connectivity index (χ2v) is 10.2. The van der Waals surface area contributed by atoms with Gasteiger partial charge in [-0.1, -0.05) is 40.5 Å². The molecule has 0 atom stereocenters. The highest BCUT2D eigenvalue weighted by molar-refractivity contribution is 7.99. The van der Waals surface area contributed by atoms with Crippen molar-refractivity contribution in [1.29, 1.82) is 0 Å². The number of carbonyl (C=O) groups excluding carboxylic acids is 1. The second-order valence-electron chi connectivity index (χ2n) is 8.16. The number of nitrogens with zero attached hydrogens (tertiary/aromatic N) is 1. The van der Waals surface area contributed by atoms with Crippen molar-refractivity contribution in [2.45, 2.75) is 75.2 Å². The van der Waals surface area contributed by atoms with Crippen LogP contribution in [0.15, 0.2) is 22.7 Å². The number of rotatable bonds is 6. The van der Waals surface area contributed by atoms with Crippen LogP contribution >= 0.6 is 23.3 Å². The minimum absolute atomic E-state index is 0.0693. The number of anilines is 1. The second kappa shape index (κ2) is 9.02. The molecule has 0 aliphatic heterocycles. The van der Waals surface area contributed by atoms with Gasteiger partial charge >= 0.3 is 6.03 Å². The van der Waals surface area contributed by atoms with Gasteiger partial charge in [-0.25, -0.2) is 14.2 Å². The Morgan fingerprint density at radius 1 is 1.21 bits per heavy atom. The van der Waals surface area contributed by atoms with Crippen LogP contribution in [-0.2, 0) is 5.60 Å². The van der Waals surface area contributed by atoms with Gasteiger partial charge in [-0.3, -0.25) is 4.72 Å².